The summed E-state index contributed by atoms with van der Waals surface area (Å²) >= 11 is 2.55. The zero-order chi connectivity index (χ0) is 22.0. The number of hydrogen-bond acceptors (Lipinski definition) is 7. The van der Waals surface area contributed by atoms with E-state index in [4.69, 9.17) is 0 Å². The molecule has 3 heterocycles. The van der Waals surface area contributed by atoms with Gasteiger partial charge in [-0.05, 0) is 38.0 Å². The minimum Gasteiger partial charge on any atom is -0.367 e. The zero-order valence-electron chi connectivity index (χ0n) is 17.1. The van der Waals surface area contributed by atoms with Crippen LogP contribution < -0.4 is 10.6 Å². The van der Waals surface area contributed by atoms with Crippen LogP contribution in [0.5, 0.6) is 0 Å². The molecule has 0 aromatic carbocycles. The highest BCUT2D eigenvalue weighted by Gasteiger charge is 2.39. The Hall–Kier alpha value is -1.59. The van der Waals surface area contributed by atoms with Crippen LogP contribution in [0.2, 0.25) is 0 Å². The largest absolute Gasteiger partial charge is 0.434 e. The summed E-state index contributed by atoms with van der Waals surface area (Å²) in [7, 11) is 0. The van der Waals surface area contributed by atoms with E-state index >= 15 is 0 Å². The summed E-state index contributed by atoms with van der Waals surface area (Å²) in [5, 5.41) is 6.54. The molecule has 0 spiro atoms. The van der Waals surface area contributed by atoms with Crippen molar-refractivity contribution in [2.45, 2.75) is 56.8 Å². The Balaban J connectivity index is 1.59. The fraction of sp³-hybridized carbons (Fsp3) is 0.600. The summed E-state index contributed by atoms with van der Waals surface area (Å²) < 4.78 is 57.9. The third kappa shape index (κ3) is 5.43. The molecule has 170 valence electrons. The summed E-state index contributed by atoms with van der Waals surface area (Å²) in [6.07, 6.45) is 4.03. The van der Waals surface area contributed by atoms with Gasteiger partial charge in [0.05, 0.1) is 11.1 Å². The molecule has 2 aliphatic rings. The highest BCUT2D eigenvalue weighted by Crippen LogP contribution is 2.43. The second kappa shape index (κ2) is 9.50. The quantitative estimate of drug-likeness (QED) is 0.403. The smallest absolute Gasteiger partial charge is 0.367 e. The molecule has 2 aromatic rings. The van der Waals surface area contributed by atoms with Gasteiger partial charge in [-0.15, -0.1) is 0 Å². The number of rotatable bonds is 6. The number of thiazole rings is 1. The molecule has 4 rings (SSSR count). The average Bonchev–Trinajstić information content (AvgIpc) is 3.40. The van der Waals surface area contributed by atoms with Gasteiger partial charge in [-0.2, -0.15) is 13.2 Å². The van der Waals surface area contributed by atoms with Gasteiger partial charge in [-0.25, -0.2) is 14.4 Å². The lowest BCUT2D eigenvalue weighted by molar-refractivity contribution is -0.140. The molecular formula is C20H25F4N5S2. The maximum atomic E-state index is 14.6. The first-order valence-electron chi connectivity index (χ1n) is 10.4. The summed E-state index contributed by atoms with van der Waals surface area (Å²) in [6, 6.07) is 1.64. The van der Waals surface area contributed by atoms with Crippen molar-refractivity contribution in [3.63, 3.8) is 0 Å². The second-order valence-corrected chi connectivity index (χ2v) is 9.78. The van der Waals surface area contributed by atoms with Crippen molar-refractivity contribution in [2.75, 3.05) is 30.0 Å². The van der Waals surface area contributed by atoms with Crippen LogP contribution in [0, 0.1) is 5.82 Å². The minimum atomic E-state index is -4.67. The predicted octanol–water partition coefficient (Wildman–Crippen LogP) is 5.87. The molecule has 1 aliphatic heterocycles. The third-order valence-electron chi connectivity index (χ3n) is 5.74. The molecule has 31 heavy (non-hydrogen) atoms. The SMILES string of the molecule is CSN1CCC(Nc2cc(-c3sc(NC4CCCC4)nc3C(F)(F)F)c(F)cn2)CC1. The fourth-order valence-corrected chi connectivity index (χ4v) is 5.74. The summed E-state index contributed by atoms with van der Waals surface area (Å²) in [5.74, 6) is -0.407. The fourth-order valence-electron chi connectivity index (χ4n) is 4.08. The Bertz CT molecular complexity index is 890. The van der Waals surface area contributed by atoms with Crippen LogP contribution >= 0.6 is 23.3 Å². The Kier molecular flexibility index (Phi) is 6.92. The standard InChI is InChI=1S/C20H25F4N5S2/c1-30-29-8-6-13(7-9-29)26-16-10-14(15(21)11-25-16)17-18(20(22,23)24)28-19(31-17)27-12-4-2-3-5-12/h10-13H,2-9H2,1H3,(H,25,26)(H,27,28). The van der Waals surface area contributed by atoms with Gasteiger partial charge in [-0.3, -0.25) is 4.31 Å². The number of anilines is 2. The van der Waals surface area contributed by atoms with Gasteiger partial charge in [0.25, 0.3) is 0 Å². The number of alkyl halides is 3. The normalized spacial score (nSPS) is 19.1. The molecule has 1 aliphatic carbocycles. The monoisotopic (exact) mass is 475 g/mol. The van der Waals surface area contributed by atoms with E-state index < -0.39 is 17.7 Å². The third-order valence-corrected chi connectivity index (χ3v) is 7.64. The molecule has 1 saturated carbocycles. The van der Waals surface area contributed by atoms with Crippen LogP contribution in [0.15, 0.2) is 12.3 Å². The lowest BCUT2D eigenvalue weighted by Crippen LogP contribution is -2.35. The van der Waals surface area contributed by atoms with E-state index in [1.54, 1.807) is 11.9 Å². The highest BCUT2D eigenvalue weighted by atomic mass is 32.2. The molecule has 0 bridgehead atoms. The molecule has 5 nitrogen and oxygen atoms in total. The molecule has 11 heteroatoms. The van der Waals surface area contributed by atoms with Crippen molar-refractivity contribution in [1.29, 1.82) is 0 Å². The van der Waals surface area contributed by atoms with Crippen LogP contribution in [0.4, 0.5) is 28.5 Å². The minimum absolute atomic E-state index is 0.117. The highest BCUT2D eigenvalue weighted by molar-refractivity contribution is 7.96. The molecule has 2 N–H and O–H groups in total. The maximum Gasteiger partial charge on any atom is 0.434 e. The number of halogens is 4. The van der Waals surface area contributed by atoms with E-state index in [1.807, 2.05) is 6.26 Å². The van der Waals surface area contributed by atoms with Gasteiger partial charge in [0.2, 0.25) is 0 Å². The van der Waals surface area contributed by atoms with Crippen LogP contribution in [0.3, 0.4) is 0 Å². The first kappa shape index (κ1) is 22.6. The zero-order valence-corrected chi connectivity index (χ0v) is 18.8. The van der Waals surface area contributed by atoms with Crippen molar-refractivity contribution in [3.8, 4) is 10.4 Å². The first-order valence-corrected chi connectivity index (χ1v) is 12.4. The molecule has 0 radical (unpaired) electrons. The Labute approximate surface area is 187 Å². The number of pyridine rings is 1. The molecule has 0 atom stereocenters. The second-order valence-electron chi connectivity index (χ2n) is 7.90. The Morgan fingerprint density at radius 2 is 1.77 bits per heavy atom. The number of piperidine rings is 1. The summed E-state index contributed by atoms with van der Waals surface area (Å²) in [6.45, 7) is 1.83. The van der Waals surface area contributed by atoms with E-state index in [9.17, 15) is 17.6 Å². The van der Waals surface area contributed by atoms with Gasteiger partial charge < -0.3 is 10.6 Å². The van der Waals surface area contributed by atoms with Gasteiger partial charge in [0, 0.05) is 30.7 Å². The predicted molar refractivity (Wildman–Crippen MR) is 118 cm³/mol. The summed E-state index contributed by atoms with van der Waals surface area (Å²) in [4.78, 5) is 7.64. The van der Waals surface area contributed by atoms with Crippen molar-refractivity contribution >= 4 is 34.2 Å². The van der Waals surface area contributed by atoms with Crippen LogP contribution in [0.25, 0.3) is 10.4 Å². The topological polar surface area (TPSA) is 53.1 Å². The van der Waals surface area contributed by atoms with Crippen molar-refractivity contribution in [2.24, 2.45) is 0 Å². The molecule has 2 fully saturated rings. The Morgan fingerprint density at radius 3 is 2.42 bits per heavy atom. The van der Waals surface area contributed by atoms with E-state index in [1.165, 1.54) is 6.07 Å². The van der Waals surface area contributed by atoms with E-state index in [0.717, 1.165) is 69.1 Å². The Morgan fingerprint density at radius 1 is 1.10 bits per heavy atom. The van der Waals surface area contributed by atoms with Gasteiger partial charge >= 0.3 is 6.18 Å². The number of nitrogens with one attached hydrogen (secondary N) is 2. The molecule has 1 saturated heterocycles. The molecule has 2 aromatic heterocycles. The average molecular weight is 476 g/mol. The molecule has 0 amide bonds. The van der Waals surface area contributed by atoms with Gasteiger partial charge in [-0.1, -0.05) is 36.1 Å². The van der Waals surface area contributed by atoms with Crippen LogP contribution in [-0.2, 0) is 6.18 Å². The first-order chi connectivity index (χ1) is 14.8. The van der Waals surface area contributed by atoms with Gasteiger partial charge in [0.15, 0.2) is 10.8 Å². The lowest BCUT2D eigenvalue weighted by Gasteiger charge is -2.30. The van der Waals surface area contributed by atoms with E-state index in [0.29, 0.717) is 5.82 Å². The van der Waals surface area contributed by atoms with Crippen molar-refractivity contribution in [3.05, 3.63) is 23.8 Å². The van der Waals surface area contributed by atoms with Gasteiger partial charge in [0.1, 0.15) is 11.6 Å². The van der Waals surface area contributed by atoms with Crippen molar-refractivity contribution < 1.29 is 17.6 Å². The van der Waals surface area contributed by atoms with Crippen LogP contribution in [-0.4, -0.2) is 45.7 Å². The molecular weight excluding hydrogens is 450 g/mol. The number of hydrogen-bond donors (Lipinski definition) is 2. The lowest BCUT2D eigenvalue weighted by atomic mass is 10.1. The maximum absolute atomic E-state index is 14.6. The number of aromatic nitrogens is 2. The van der Waals surface area contributed by atoms with Crippen LogP contribution in [0.1, 0.15) is 44.2 Å². The molecule has 0 unspecified atom stereocenters. The van der Waals surface area contributed by atoms with E-state index in [-0.39, 0.29) is 27.7 Å². The van der Waals surface area contributed by atoms with Crippen molar-refractivity contribution in [1.82, 2.24) is 14.3 Å². The number of nitrogens with zero attached hydrogens (tertiary/aromatic N) is 3. The summed E-state index contributed by atoms with van der Waals surface area (Å²) in [5.41, 5.74) is -1.18. The van der Waals surface area contributed by atoms with E-state index in [2.05, 4.69) is 24.9 Å².